The molecule has 2 heterocycles. The fourth-order valence-corrected chi connectivity index (χ4v) is 5.42. The Labute approximate surface area is 171 Å². The molecule has 7 nitrogen and oxygen atoms in total. The molecule has 1 atom stereocenters. The molecular weight excluding hydrogens is 392 g/mol. The Hall–Kier alpha value is -2.61. The van der Waals surface area contributed by atoms with Gasteiger partial charge in [0.15, 0.2) is 9.84 Å². The van der Waals surface area contributed by atoms with Crippen LogP contribution in [0.5, 0.6) is 0 Å². The molecule has 0 saturated carbocycles. The van der Waals surface area contributed by atoms with Gasteiger partial charge in [-0.1, -0.05) is 12.1 Å². The fourth-order valence-electron chi connectivity index (χ4n) is 3.51. The van der Waals surface area contributed by atoms with Crippen LogP contribution in [0.1, 0.15) is 41.4 Å². The van der Waals surface area contributed by atoms with E-state index in [-0.39, 0.29) is 17.2 Å². The summed E-state index contributed by atoms with van der Waals surface area (Å²) in [6, 6.07) is 8.37. The van der Waals surface area contributed by atoms with Crippen molar-refractivity contribution >= 4 is 21.7 Å². The first-order valence-electron chi connectivity index (χ1n) is 9.72. The number of carbonyl (C=O) groups excluding carboxylic acids is 2. The monoisotopic (exact) mass is 418 g/mol. The van der Waals surface area contributed by atoms with Crippen LogP contribution in [0.3, 0.4) is 0 Å². The molecule has 1 N–H and O–H groups in total. The summed E-state index contributed by atoms with van der Waals surface area (Å²) in [6.07, 6.45) is 4.17. The number of nitrogens with one attached hydrogen (secondary N) is 1. The minimum atomic E-state index is -3.86. The van der Waals surface area contributed by atoms with Crippen molar-refractivity contribution in [1.29, 1.82) is 0 Å². The second kappa shape index (κ2) is 8.82. The smallest absolute Gasteiger partial charge is 0.311 e. The highest BCUT2D eigenvalue weighted by molar-refractivity contribution is 7.91. The number of furan rings is 1. The van der Waals surface area contributed by atoms with Gasteiger partial charge in [0.1, 0.15) is 11.0 Å². The molecule has 0 aliphatic carbocycles. The predicted molar refractivity (Wildman–Crippen MR) is 108 cm³/mol. The van der Waals surface area contributed by atoms with Crippen molar-refractivity contribution in [3.8, 4) is 0 Å². The molecule has 2 amide bonds. The molecule has 1 aromatic heterocycles. The number of hydrogen-bond donors (Lipinski definition) is 1. The largest absolute Gasteiger partial charge is 0.468 e. The van der Waals surface area contributed by atoms with Gasteiger partial charge in [-0.15, -0.1) is 0 Å². The molecule has 1 fully saturated rings. The molecule has 0 bridgehead atoms. The zero-order chi connectivity index (χ0) is 21.0. The van der Waals surface area contributed by atoms with Gasteiger partial charge in [0.2, 0.25) is 0 Å². The molecule has 2 aromatic rings. The summed E-state index contributed by atoms with van der Waals surface area (Å²) >= 11 is 0. The highest BCUT2D eigenvalue weighted by Crippen LogP contribution is 2.31. The van der Waals surface area contributed by atoms with Crippen LogP contribution in [0.2, 0.25) is 0 Å². The van der Waals surface area contributed by atoms with E-state index in [1.807, 2.05) is 13.0 Å². The van der Waals surface area contributed by atoms with E-state index in [1.165, 1.54) is 11.2 Å². The van der Waals surface area contributed by atoms with Gasteiger partial charge in [-0.2, -0.15) is 0 Å². The summed E-state index contributed by atoms with van der Waals surface area (Å²) in [4.78, 5) is 26.4. The number of rotatable bonds is 5. The summed E-state index contributed by atoms with van der Waals surface area (Å²) in [5.74, 6) is -1.19. The third kappa shape index (κ3) is 4.70. The van der Waals surface area contributed by atoms with Crippen LogP contribution in [-0.4, -0.2) is 44.8 Å². The number of aryl methyl sites for hydroxylation is 2. The first kappa shape index (κ1) is 21.1. The van der Waals surface area contributed by atoms with Crippen LogP contribution >= 0.6 is 0 Å². The van der Waals surface area contributed by atoms with E-state index in [0.29, 0.717) is 18.7 Å². The minimum Gasteiger partial charge on any atom is -0.468 e. The van der Waals surface area contributed by atoms with Gasteiger partial charge in [0.05, 0.1) is 11.2 Å². The molecule has 0 unspecified atom stereocenters. The highest BCUT2D eigenvalue weighted by atomic mass is 32.2. The number of sulfone groups is 1. The number of amides is 2. The lowest BCUT2D eigenvalue weighted by Crippen LogP contribution is -2.46. The van der Waals surface area contributed by atoms with Crippen molar-refractivity contribution in [2.24, 2.45) is 0 Å². The number of nitrogens with zero attached hydrogens (tertiary/aromatic N) is 1. The van der Waals surface area contributed by atoms with Crippen molar-refractivity contribution in [3.05, 3.63) is 53.5 Å². The lowest BCUT2D eigenvalue weighted by molar-refractivity contribution is -0.146. The fraction of sp³-hybridized carbons (Fsp3) is 0.429. The minimum absolute atomic E-state index is 0.190. The highest BCUT2D eigenvalue weighted by Gasteiger charge is 2.34. The molecule has 0 spiro atoms. The van der Waals surface area contributed by atoms with Gasteiger partial charge in [-0.25, -0.2) is 8.42 Å². The number of piperidine rings is 1. The van der Waals surface area contributed by atoms with Crippen molar-refractivity contribution in [1.82, 2.24) is 10.2 Å². The summed E-state index contributed by atoms with van der Waals surface area (Å²) in [5, 5.41) is 1.38. The Bertz CT molecular complexity index is 977. The van der Waals surface area contributed by atoms with Crippen molar-refractivity contribution in [3.63, 3.8) is 0 Å². The summed E-state index contributed by atoms with van der Waals surface area (Å²) < 4.78 is 32.1. The Morgan fingerprint density at radius 1 is 1.14 bits per heavy atom. The molecule has 1 aliphatic rings. The Kier molecular flexibility index (Phi) is 6.42. The van der Waals surface area contributed by atoms with Gasteiger partial charge in [0, 0.05) is 19.6 Å². The maximum atomic E-state index is 13.4. The lowest BCUT2D eigenvalue weighted by Gasteiger charge is -2.26. The van der Waals surface area contributed by atoms with E-state index in [9.17, 15) is 18.0 Å². The molecule has 3 rings (SSSR count). The number of likely N-dealkylation sites (tertiary alicyclic amines) is 1. The van der Waals surface area contributed by atoms with E-state index >= 15 is 0 Å². The second-order valence-corrected chi connectivity index (χ2v) is 9.48. The van der Waals surface area contributed by atoms with Crippen LogP contribution < -0.4 is 5.32 Å². The van der Waals surface area contributed by atoms with Crippen molar-refractivity contribution in [2.75, 3.05) is 19.6 Å². The normalized spacial score (nSPS) is 15.7. The van der Waals surface area contributed by atoms with Crippen molar-refractivity contribution in [2.45, 2.75) is 43.3 Å². The molecule has 0 radical (unpaired) electrons. The third-order valence-electron chi connectivity index (χ3n) is 5.17. The zero-order valence-corrected chi connectivity index (χ0v) is 17.5. The average molecular weight is 419 g/mol. The molecule has 1 aromatic carbocycles. The Morgan fingerprint density at radius 2 is 1.86 bits per heavy atom. The van der Waals surface area contributed by atoms with Crippen LogP contribution in [0, 0.1) is 13.8 Å². The van der Waals surface area contributed by atoms with E-state index in [4.69, 9.17) is 4.42 Å². The number of carbonyl (C=O) groups is 2. The SMILES string of the molecule is Cc1ccc(C)c(S(=O)(=O)[C@@H](CNC(=O)C(=O)N2CCCCC2)c2ccco2)c1. The third-order valence-corrected chi connectivity index (χ3v) is 7.37. The maximum Gasteiger partial charge on any atom is 0.311 e. The topological polar surface area (TPSA) is 96.7 Å². The van der Waals surface area contributed by atoms with E-state index in [1.54, 1.807) is 31.2 Å². The van der Waals surface area contributed by atoms with Crippen LogP contribution in [-0.2, 0) is 19.4 Å². The summed E-state index contributed by atoms with van der Waals surface area (Å²) in [7, 11) is -3.86. The van der Waals surface area contributed by atoms with Crippen LogP contribution in [0.4, 0.5) is 0 Å². The van der Waals surface area contributed by atoms with Gasteiger partial charge in [-0.3, -0.25) is 9.59 Å². The number of hydrogen-bond acceptors (Lipinski definition) is 5. The van der Waals surface area contributed by atoms with Crippen LogP contribution in [0.15, 0.2) is 45.9 Å². The first-order chi connectivity index (χ1) is 13.8. The maximum absolute atomic E-state index is 13.4. The summed E-state index contributed by atoms with van der Waals surface area (Å²) in [6.45, 7) is 4.40. The standard InChI is InChI=1S/C21H26N2O5S/c1-15-8-9-16(2)18(13-15)29(26,27)19(17-7-6-12-28-17)14-22-20(24)21(25)23-10-4-3-5-11-23/h6-9,12-13,19H,3-5,10-11,14H2,1-2H3,(H,22,24)/t19-/m0/s1. The molecule has 29 heavy (non-hydrogen) atoms. The Balaban J connectivity index is 1.82. The molecule has 8 heteroatoms. The first-order valence-corrected chi connectivity index (χ1v) is 11.3. The summed E-state index contributed by atoms with van der Waals surface area (Å²) in [5.41, 5.74) is 1.43. The number of benzene rings is 1. The van der Waals surface area contributed by atoms with E-state index in [0.717, 1.165) is 24.8 Å². The zero-order valence-electron chi connectivity index (χ0n) is 16.7. The molecule has 1 saturated heterocycles. The van der Waals surface area contributed by atoms with Gasteiger partial charge < -0.3 is 14.6 Å². The Morgan fingerprint density at radius 3 is 2.52 bits per heavy atom. The van der Waals surface area contributed by atoms with Crippen molar-refractivity contribution < 1.29 is 22.4 Å². The molecular formula is C21H26N2O5S. The second-order valence-electron chi connectivity index (χ2n) is 7.38. The van der Waals surface area contributed by atoms with Gasteiger partial charge >= 0.3 is 11.8 Å². The quantitative estimate of drug-likeness (QED) is 0.753. The predicted octanol–water partition coefficient (Wildman–Crippen LogP) is 2.54. The molecule has 156 valence electrons. The van der Waals surface area contributed by atoms with Crippen LogP contribution in [0.25, 0.3) is 0 Å². The average Bonchev–Trinajstić information content (AvgIpc) is 3.24. The molecule has 1 aliphatic heterocycles. The van der Waals surface area contributed by atoms with Gasteiger partial charge in [0.25, 0.3) is 0 Å². The van der Waals surface area contributed by atoms with Gasteiger partial charge in [-0.05, 0) is 62.4 Å². The van der Waals surface area contributed by atoms with E-state index < -0.39 is 26.9 Å². The lowest BCUT2D eigenvalue weighted by atomic mass is 10.1. The van der Waals surface area contributed by atoms with E-state index in [2.05, 4.69) is 5.32 Å².